The minimum atomic E-state index is 0.505. The Morgan fingerprint density at radius 3 is 2.86 bits per heavy atom. The number of anilines is 2. The highest BCUT2D eigenvalue weighted by molar-refractivity contribution is 6.30. The van der Waals surface area contributed by atoms with Gasteiger partial charge in [0, 0.05) is 18.5 Å². The summed E-state index contributed by atoms with van der Waals surface area (Å²) in [5.41, 5.74) is 2.88. The quantitative estimate of drug-likeness (QED) is 0.854. The maximum absolute atomic E-state index is 6.31. The number of methoxy groups -OCH3 is 1. The molecule has 0 aliphatic carbocycles. The zero-order chi connectivity index (χ0) is 14.7. The summed E-state index contributed by atoms with van der Waals surface area (Å²) in [4.78, 5) is 8.96. The third-order valence-corrected chi connectivity index (χ3v) is 3.80. The highest BCUT2D eigenvalue weighted by Gasteiger charge is 2.16. The molecule has 2 N–H and O–H groups in total. The predicted octanol–water partition coefficient (Wildman–Crippen LogP) is 2.57. The fourth-order valence-electron chi connectivity index (χ4n) is 2.42. The van der Waals surface area contributed by atoms with Crippen molar-refractivity contribution in [2.24, 2.45) is 0 Å². The fourth-order valence-corrected chi connectivity index (χ4v) is 2.71. The molecule has 0 amide bonds. The normalized spacial score (nSPS) is 14.2. The number of hydrogen-bond acceptors (Lipinski definition) is 5. The van der Waals surface area contributed by atoms with E-state index in [1.807, 2.05) is 24.3 Å². The van der Waals surface area contributed by atoms with Crippen LogP contribution in [0.25, 0.3) is 0 Å². The Hall–Kier alpha value is -1.85. The van der Waals surface area contributed by atoms with Gasteiger partial charge >= 0.3 is 0 Å². The second kappa shape index (κ2) is 6.28. The number of ether oxygens (including phenoxy) is 1. The van der Waals surface area contributed by atoms with Gasteiger partial charge in [0.1, 0.15) is 10.9 Å². The lowest BCUT2D eigenvalue weighted by atomic mass is 10.1. The average molecular weight is 305 g/mol. The van der Waals surface area contributed by atoms with Crippen LogP contribution < -0.4 is 15.4 Å². The van der Waals surface area contributed by atoms with Crippen molar-refractivity contribution in [3.8, 4) is 5.75 Å². The number of nitrogens with one attached hydrogen (secondary N) is 2. The van der Waals surface area contributed by atoms with Gasteiger partial charge in [0.15, 0.2) is 0 Å². The first-order valence-corrected chi connectivity index (χ1v) is 7.32. The summed E-state index contributed by atoms with van der Waals surface area (Å²) < 4.78 is 5.32. The van der Waals surface area contributed by atoms with Gasteiger partial charge in [0.2, 0.25) is 5.95 Å². The highest BCUT2D eigenvalue weighted by atomic mass is 35.5. The molecule has 5 nitrogen and oxygen atoms in total. The van der Waals surface area contributed by atoms with Crippen LogP contribution in [0.2, 0.25) is 5.15 Å². The first kappa shape index (κ1) is 14.1. The van der Waals surface area contributed by atoms with Crippen LogP contribution in [0.4, 0.5) is 11.6 Å². The van der Waals surface area contributed by atoms with Crippen LogP contribution in [-0.4, -0.2) is 30.2 Å². The van der Waals surface area contributed by atoms with Crippen LogP contribution in [0.3, 0.4) is 0 Å². The van der Waals surface area contributed by atoms with Crippen molar-refractivity contribution in [3.05, 3.63) is 40.7 Å². The third-order valence-electron chi connectivity index (χ3n) is 3.49. The van der Waals surface area contributed by atoms with Crippen molar-refractivity contribution < 1.29 is 4.74 Å². The van der Waals surface area contributed by atoms with Gasteiger partial charge in [-0.25, -0.2) is 9.97 Å². The lowest BCUT2D eigenvalue weighted by Crippen LogP contribution is -2.16. The van der Waals surface area contributed by atoms with Gasteiger partial charge in [-0.15, -0.1) is 0 Å². The Labute approximate surface area is 128 Å². The summed E-state index contributed by atoms with van der Waals surface area (Å²) in [6, 6.07) is 7.65. The first-order valence-electron chi connectivity index (χ1n) is 6.94. The van der Waals surface area contributed by atoms with Gasteiger partial charge in [-0.2, -0.15) is 0 Å². The SMILES string of the molecule is COc1ccccc1Nc1nc(Cl)c2c(n1)CCNCC2. The van der Waals surface area contributed by atoms with Crippen molar-refractivity contribution >= 4 is 23.2 Å². The number of para-hydroxylation sites is 2. The molecular weight excluding hydrogens is 288 g/mol. The lowest BCUT2D eigenvalue weighted by molar-refractivity contribution is 0.417. The summed E-state index contributed by atoms with van der Waals surface area (Å²) in [5.74, 6) is 1.25. The maximum atomic E-state index is 6.31. The van der Waals surface area contributed by atoms with Crippen LogP contribution >= 0.6 is 11.6 Å². The van der Waals surface area contributed by atoms with E-state index in [1.54, 1.807) is 7.11 Å². The topological polar surface area (TPSA) is 59.1 Å². The average Bonchev–Trinajstić information content (AvgIpc) is 2.73. The van der Waals surface area contributed by atoms with Crippen molar-refractivity contribution in [1.82, 2.24) is 15.3 Å². The van der Waals surface area contributed by atoms with Gasteiger partial charge in [0.25, 0.3) is 0 Å². The van der Waals surface area contributed by atoms with Crippen molar-refractivity contribution in [1.29, 1.82) is 0 Å². The van der Waals surface area contributed by atoms with Crippen LogP contribution in [0, 0.1) is 0 Å². The largest absolute Gasteiger partial charge is 0.495 e. The number of nitrogens with zero attached hydrogens (tertiary/aromatic N) is 2. The van der Waals surface area contributed by atoms with Gasteiger partial charge in [-0.1, -0.05) is 23.7 Å². The molecule has 2 aromatic rings. The second-order valence-electron chi connectivity index (χ2n) is 4.84. The molecule has 1 aromatic carbocycles. The summed E-state index contributed by atoms with van der Waals surface area (Å²) in [6.07, 6.45) is 1.72. The van der Waals surface area contributed by atoms with Crippen molar-refractivity contribution in [2.45, 2.75) is 12.8 Å². The monoisotopic (exact) mass is 304 g/mol. The zero-order valence-electron chi connectivity index (χ0n) is 11.8. The molecule has 0 fully saturated rings. The molecule has 21 heavy (non-hydrogen) atoms. The van der Waals surface area contributed by atoms with E-state index in [0.717, 1.165) is 48.6 Å². The van der Waals surface area contributed by atoms with Crippen molar-refractivity contribution in [2.75, 3.05) is 25.5 Å². The van der Waals surface area contributed by atoms with E-state index in [-0.39, 0.29) is 0 Å². The molecule has 6 heteroatoms. The van der Waals surface area contributed by atoms with Gasteiger partial charge in [-0.05, 0) is 25.1 Å². The zero-order valence-corrected chi connectivity index (χ0v) is 12.6. The fraction of sp³-hybridized carbons (Fsp3) is 0.333. The molecule has 1 aliphatic heterocycles. The minimum Gasteiger partial charge on any atom is -0.495 e. The number of aromatic nitrogens is 2. The summed E-state index contributed by atoms with van der Waals surface area (Å²) in [7, 11) is 1.64. The molecule has 0 radical (unpaired) electrons. The van der Waals surface area contributed by atoms with Gasteiger partial charge in [-0.3, -0.25) is 0 Å². The number of halogens is 1. The molecule has 110 valence electrons. The van der Waals surface area contributed by atoms with Crippen LogP contribution in [0.15, 0.2) is 24.3 Å². The van der Waals surface area contributed by atoms with Crippen LogP contribution in [0.5, 0.6) is 5.75 Å². The summed E-state index contributed by atoms with van der Waals surface area (Å²) in [5, 5.41) is 7.05. The van der Waals surface area contributed by atoms with E-state index in [1.165, 1.54) is 0 Å². The molecule has 0 saturated carbocycles. The molecule has 1 aromatic heterocycles. The first-order chi connectivity index (χ1) is 10.3. The Morgan fingerprint density at radius 1 is 1.19 bits per heavy atom. The molecule has 2 heterocycles. The number of hydrogen-bond donors (Lipinski definition) is 2. The van der Waals surface area contributed by atoms with Gasteiger partial charge < -0.3 is 15.4 Å². The van der Waals surface area contributed by atoms with E-state index >= 15 is 0 Å². The van der Waals surface area contributed by atoms with E-state index in [2.05, 4.69) is 20.6 Å². The Bertz CT molecular complexity index is 648. The maximum Gasteiger partial charge on any atom is 0.228 e. The number of rotatable bonds is 3. The molecular formula is C15H17ClN4O. The van der Waals surface area contributed by atoms with Crippen LogP contribution in [0.1, 0.15) is 11.3 Å². The molecule has 3 rings (SSSR count). The number of benzene rings is 1. The Morgan fingerprint density at radius 2 is 2.00 bits per heavy atom. The molecule has 0 unspecified atom stereocenters. The molecule has 0 atom stereocenters. The Balaban J connectivity index is 1.93. The van der Waals surface area contributed by atoms with Gasteiger partial charge in [0.05, 0.1) is 18.5 Å². The Kier molecular flexibility index (Phi) is 4.22. The minimum absolute atomic E-state index is 0.505. The van der Waals surface area contributed by atoms with E-state index in [4.69, 9.17) is 16.3 Å². The van der Waals surface area contributed by atoms with E-state index in [0.29, 0.717) is 11.1 Å². The molecule has 0 saturated heterocycles. The highest BCUT2D eigenvalue weighted by Crippen LogP contribution is 2.27. The summed E-state index contributed by atoms with van der Waals surface area (Å²) in [6.45, 7) is 1.82. The molecule has 0 spiro atoms. The number of fused-ring (bicyclic) bond motifs is 1. The third kappa shape index (κ3) is 3.09. The van der Waals surface area contributed by atoms with Crippen molar-refractivity contribution in [3.63, 3.8) is 0 Å². The second-order valence-corrected chi connectivity index (χ2v) is 5.20. The van der Waals surface area contributed by atoms with E-state index in [9.17, 15) is 0 Å². The predicted molar refractivity (Wildman–Crippen MR) is 83.6 cm³/mol. The summed E-state index contributed by atoms with van der Waals surface area (Å²) >= 11 is 6.31. The molecule has 1 aliphatic rings. The molecule has 0 bridgehead atoms. The van der Waals surface area contributed by atoms with E-state index < -0.39 is 0 Å². The smallest absolute Gasteiger partial charge is 0.228 e. The lowest BCUT2D eigenvalue weighted by Gasteiger charge is -2.12. The standard InChI is InChI=1S/C15H17ClN4O/c1-21-13-5-3-2-4-12(13)19-15-18-11-7-9-17-8-6-10(11)14(16)20-15/h2-5,17H,6-9H2,1H3,(H,18,19,20). The van der Waals surface area contributed by atoms with Crippen LogP contribution in [-0.2, 0) is 12.8 Å².